The van der Waals surface area contributed by atoms with Crippen molar-refractivity contribution in [1.82, 2.24) is 9.78 Å². The van der Waals surface area contributed by atoms with Crippen LogP contribution in [-0.2, 0) is 22.3 Å². The second kappa shape index (κ2) is 8.22. The largest absolute Gasteiger partial charge is 0.417 e. The number of nitrogens with zero attached hydrogens (tertiary/aromatic N) is 2. The van der Waals surface area contributed by atoms with E-state index >= 15 is 0 Å². The molecule has 0 aliphatic heterocycles. The summed E-state index contributed by atoms with van der Waals surface area (Å²) >= 11 is 5.54. The average Bonchev–Trinajstić information content (AvgIpc) is 3.32. The fourth-order valence-electron chi connectivity index (χ4n) is 2.59. The predicted octanol–water partition coefficient (Wildman–Crippen LogP) is 4.32. The molecule has 1 heterocycles. The summed E-state index contributed by atoms with van der Waals surface area (Å²) in [5.74, 6) is -0.305. The van der Waals surface area contributed by atoms with Crippen LogP contribution in [0.1, 0.15) is 31.2 Å². The third-order valence-electron chi connectivity index (χ3n) is 4.19. The first-order valence-corrected chi connectivity index (χ1v) is 9.07. The Balaban J connectivity index is 1.47. The molecule has 0 atom stereocenters. The van der Waals surface area contributed by atoms with E-state index in [0.29, 0.717) is 11.6 Å². The second-order valence-corrected chi connectivity index (χ2v) is 7.09. The average molecular weight is 415 g/mol. The Morgan fingerprint density at radius 1 is 1.14 bits per heavy atom. The van der Waals surface area contributed by atoms with E-state index in [0.717, 1.165) is 18.7 Å². The molecule has 0 saturated heterocycles. The highest BCUT2D eigenvalue weighted by molar-refractivity contribution is 6.31. The van der Waals surface area contributed by atoms with E-state index in [2.05, 4.69) is 15.7 Å². The summed E-state index contributed by atoms with van der Waals surface area (Å²) in [6, 6.07) is 3.09. The van der Waals surface area contributed by atoms with Crippen LogP contribution in [0.25, 0.3) is 0 Å². The number of halogens is 4. The number of carbonyl (C=O) groups is 2. The van der Waals surface area contributed by atoms with Gasteiger partial charge in [0.1, 0.15) is 0 Å². The number of carbonyl (C=O) groups excluding carboxylic acids is 2. The Labute approximate surface area is 164 Å². The van der Waals surface area contributed by atoms with E-state index in [-0.39, 0.29) is 24.4 Å². The maximum absolute atomic E-state index is 12.8. The summed E-state index contributed by atoms with van der Waals surface area (Å²) in [4.78, 5) is 23.9. The lowest BCUT2D eigenvalue weighted by Gasteiger charge is -2.11. The normalized spacial score (nSPS) is 14.0. The zero-order valence-electron chi connectivity index (χ0n) is 14.7. The molecule has 0 bridgehead atoms. The van der Waals surface area contributed by atoms with Crippen molar-refractivity contribution < 1.29 is 22.8 Å². The lowest BCUT2D eigenvalue weighted by atomic mass is 10.2. The van der Waals surface area contributed by atoms with E-state index in [1.54, 1.807) is 10.9 Å². The van der Waals surface area contributed by atoms with E-state index in [4.69, 9.17) is 11.6 Å². The van der Waals surface area contributed by atoms with Crippen LogP contribution < -0.4 is 10.6 Å². The van der Waals surface area contributed by atoms with Gasteiger partial charge < -0.3 is 10.6 Å². The quantitative estimate of drug-likeness (QED) is 0.708. The zero-order valence-corrected chi connectivity index (χ0v) is 15.5. The molecule has 2 amide bonds. The van der Waals surface area contributed by atoms with Crippen LogP contribution in [0.15, 0.2) is 30.6 Å². The SMILES string of the molecule is O=C(CCC(=O)Nc1cnn(CC2CC2)c1)Nc1ccc(Cl)c(C(F)(F)F)c1. The number of alkyl halides is 3. The predicted molar refractivity (Wildman–Crippen MR) is 97.9 cm³/mol. The van der Waals surface area contributed by atoms with Crippen molar-refractivity contribution in [3.8, 4) is 0 Å². The summed E-state index contributed by atoms with van der Waals surface area (Å²) < 4.78 is 40.3. The van der Waals surface area contributed by atoms with Crippen LogP contribution in [-0.4, -0.2) is 21.6 Å². The van der Waals surface area contributed by atoms with Crippen LogP contribution >= 0.6 is 11.6 Å². The van der Waals surface area contributed by atoms with Gasteiger partial charge in [0.2, 0.25) is 11.8 Å². The molecule has 2 N–H and O–H groups in total. The Morgan fingerprint density at radius 3 is 2.39 bits per heavy atom. The van der Waals surface area contributed by atoms with Gasteiger partial charge in [-0.25, -0.2) is 0 Å². The fourth-order valence-corrected chi connectivity index (χ4v) is 2.81. The number of nitrogens with one attached hydrogen (secondary N) is 2. The van der Waals surface area contributed by atoms with Gasteiger partial charge in [0.05, 0.1) is 22.5 Å². The monoisotopic (exact) mass is 414 g/mol. The van der Waals surface area contributed by atoms with Crippen LogP contribution in [0.5, 0.6) is 0 Å². The summed E-state index contributed by atoms with van der Waals surface area (Å²) in [7, 11) is 0. The third kappa shape index (κ3) is 5.72. The van der Waals surface area contributed by atoms with Crippen LogP contribution in [0.4, 0.5) is 24.5 Å². The molecule has 1 saturated carbocycles. The van der Waals surface area contributed by atoms with Gasteiger partial charge in [0.15, 0.2) is 0 Å². The molecule has 2 aromatic rings. The first kappa shape index (κ1) is 20.2. The maximum Gasteiger partial charge on any atom is 0.417 e. The number of rotatable bonds is 7. The zero-order chi connectivity index (χ0) is 20.3. The van der Waals surface area contributed by atoms with Gasteiger partial charge in [-0.2, -0.15) is 18.3 Å². The maximum atomic E-state index is 12.8. The minimum absolute atomic E-state index is 0.0384. The molecule has 28 heavy (non-hydrogen) atoms. The molecule has 1 fully saturated rings. The van der Waals surface area contributed by atoms with Gasteiger partial charge in [-0.05, 0) is 37.0 Å². The minimum atomic E-state index is -4.62. The van der Waals surface area contributed by atoms with Gasteiger partial charge >= 0.3 is 6.18 Å². The molecule has 6 nitrogen and oxygen atoms in total. The standard InChI is InChI=1S/C18H18ClF3N4O2/c19-15-4-3-12(7-14(15)18(20,21)22)24-16(27)5-6-17(28)25-13-8-23-26(10-13)9-11-1-2-11/h3-4,7-8,10-11H,1-2,5-6,9H2,(H,24,27)(H,25,28). The van der Waals surface area contributed by atoms with Crippen molar-refractivity contribution in [1.29, 1.82) is 0 Å². The number of amides is 2. The van der Waals surface area contributed by atoms with Gasteiger partial charge in [-0.3, -0.25) is 14.3 Å². The Hall–Kier alpha value is -2.55. The first-order chi connectivity index (χ1) is 13.2. The van der Waals surface area contributed by atoms with Crippen molar-refractivity contribution in [2.24, 2.45) is 5.92 Å². The number of hydrogen-bond acceptors (Lipinski definition) is 3. The van der Waals surface area contributed by atoms with Gasteiger partial charge in [-0.15, -0.1) is 0 Å². The summed E-state index contributed by atoms with van der Waals surface area (Å²) in [5.41, 5.74) is -0.532. The van der Waals surface area contributed by atoms with Crippen LogP contribution in [0, 0.1) is 5.92 Å². The van der Waals surface area contributed by atoms with Crippen LogP contribution in [0.3, 0.4) is 0 Å². The molecule has 1 aliphatic carbocycles. The molecule has 1 aromatic heterocycles. The molecule has 0 radical (unpaired) electrons. The van der Waals surface area contributed by atoms with Crippen molar-refractivity contribution in [2.75, 3.05) is 10.6 Å². The molecule has 150 valence electrons. The Bertz CT molecular complexity index is 878. The second-order valence-electron chi connectivity index (χ2n) is 6.68. The van der Waals surface area contributed by atoms with Crippen molar-refractivity contribution in [3.63, 3.8) is 0 Å². The number of anilines is 2. The molecule has 3 rings (SSSR count). The highest BCUT2D eigenvalue weighted by Crippen LogP contribution is 2.36. The van der Waals surface area contributed by atoms with Gasteiger partial charge in [0.25, 0.3) is 0 Å². The molecule has 0 spiro atoms. The Kier molecular flexibility index (Phi) is 5.93. The van der Waals surface area contributed by atoms with E-state index in [9.17, 15) is 22.8 Å². The van der Waals surface area contributed by atoms with Gasteiger partial charge in [-0.1, -0.05) is 11.6 Å². The molecular formula is C18H18ClF3N4O2. The smallest absolute Gasteiger partial charge is 0.326 e. The minimum Gasteiger partial charge on any atom is -0.326 e. The van der Waals surface area contributed by atoms with Crippen molar-refractivity contribution in [2.45, 2.75) is 38.4 Å². The fraction of sp³-hybridized carbons (Fsp3) is 0.389. The highest BCUT2D eigenvalue weighted by atomic mass is 35.5. The molecular weight excluding hydrogens is 397 g/mol. The summed E-state index contributed by atoms with van der Waals surface area (Å²) in [5, 5.41) is 8.69. The molecule has 1 aliphatic rings. The third-order valence-corrected chi connectivity index (χ3v) is 4.52. The van der Waals surface area contributed by atoms with E-state index in [1.165, 1.54) is 25.1 Å². The number of aromatic nitrogens is 2. The van der Waals surface area contributed by atoms with Gasteiger partial charge in [0, 0.05) is 31.3 Å². The van der Waals surface area contributed by atoms with E-state index in [1.807, 2.05) is 0 Å². The van der Waals surface area contributed by atoms with Crippen LogP contribution in [0.2, 0.25) is 5.02 Å². The number of benzene rings is 1. The topological polar surface area (TPSA) is 76.0 Å². The Morgan fingerprint density at radius 2 is 1.79 bits per heavy atom. The highest BCUT2D eigenvalue weighted by Gasteiger charge is 2.33. The lowest BCUT2D eigenvalue weighted by molar-refractivity contribution is -0.137. The molecule has 10 heteroatoms. The van der Waals surface area contributed by atoms with Crippen molar-refractivity contribution in [3.05, 3.63) is 41.2 Å². The summed E-state index contributed by atoms with van der Waals surface area (Å²) in [6.45, 7) is 0.819. The number of hydrogen-bond donors (Lipinski definition) is 2. The first-order valence-electron chi connectivity index (χ1n) is 8.69. The molecule has 1 aromatic carbocycles. The molecule has 0 unspecified atom stereocenters. The summed E-state index contributed by atoms with van der Waals surface area (Å²) in [6.07, 6.45) is 0.728. The van der Waals surface area contributed by atoms with Crippen molar-refractivity contribution >= 4 is 34.8 Å². The lowest BCUT2D eigenvalue weighted by Crippen LogP contribution is -2.17. The van der Waals surface area contributed by atoms with E-state index < -0.39 is 22.7 Å².